The Labute approximate surface area is 262 Å². The minimum Gasteiger partial charge on any atom is -0.492 e. The quantitative estimate of drug-likeness (QED) is 0.303. The predicted octanol–water partition coefficient (Wildman–Crippen LogP) is 3.35. The molecule has 2 saturated heterocycles. The van der Waals surface area contributed by atoms with Crippen LogP contribution in [-0.4, -0.2) is 95.1 Å². The van der Waals surface area contributed by atoms with Gasteiger partial charge in [-0.05, 0) is 69.5 Å². The highest BCUT2D eigenvalue weighted by Crippen LogP contribution is 2.36. The molecule has 3 aliphatic rings. The first kappa shape index (κ1) is 36.1. The zero-order valence-corrected chi connectivity index (χ0v) is 26.6. The van der Waals surface area contributed by atoms with Gasteiger partial charge < -0.3 is 30.3 Å². The number of halogens is 2. The van der Waals surface area contributed by atoms with Crippen molar-refractivity contribution in [2.24, 2.45) is 5.92 Å². The molecule has 2 atom stereocenters. The fraction of sp³-hybridized carbons (Fsp3) is 0.733. The number of hydrogen-bond donors (Lipinski definition) is 3. The van der Waals surface area contributed by atoms with Gasteiger partial charge in [-0.1, -0.05) is 32.6 Å². The van der Waals surface area contributed by atoms with Gasteiger partial charge in [-0.25, -0.2) is 4.98 Å². The van der Waals surface area contributed by atoms with Crippen LogP contribution in [0, 0.1) is 5.92 Å². The van der Waals surface area contributed by atoms with Gasteiger partial charge in [0.1, 0.15) is 23.0 Å². The van der Waals surface area contributed by atoms with Gasteiger partial charge >= 0.3 is 0 Å². The summed E-state index contributed by atoms with van der Waals surface area (Å²) in [6.07, 6.45) is 10.8. The summed E-state index contributed by atoms with van der Waals surface area (Å²) in [6.45, 7) is 5.63. The molecule has 3 fully saturated rings. The maximum Gasteiger partial charge on any atom is 0.269 e. The van der Waals surface area contributed by atoms with E-state index in [2.05, 4.69) is 27.4 Å². The lowest BCUT2D eigenvalue weighted by Crippen LogP contribution is -2.75. The molecule has 1 spiro atoms. The normalized spacial score (nSPS) is 21.6. The summed E-state index contributed by atoms with van der Waals surface area (Å²) in [5.74, 6) is 0.297. The maximum atomic E-state index is 13.7. The van der Waals surface area contributed by atoms with Gasteiger partial charge in [-0.2, -0.15) is 0 Å². The van der Waals surface area contributed by atoms with Crippen molar-refractivity contribution in [1.82, 2.24) is 25.4 Å². The number of unbranched alkanes of at least 4 members (excludes halogenated alkanes) is 2. The van der Waals surface area contributed by atoms with E-state index in [-0.39, 0.29) is 48.5 Å². The van der Waals surface area contributed by atoms with E-state index in [1.165, 1.54) is 6.42 Å². The standard InChI is InChI=1S/C30H47N5O5.2ClH/c1-3-4-17-35-28(38)25(26(36)22-10-6-5-7-11-22)33-29(39)30(35)14-18-34(19-15-30)16-8-9-20-40-23-12-13-24(32-21-23)27(37)31-2;;/h12-13,21-22,25-26,36H,3-11,14-20H2,1-2H3,(H,31,37)(H,33,39);2*1H/t25-,26-;;/m1../s1. The molecule has 2 aliphatic heterocycles. The molecule has 0 aromatic carbocycles. The van der Waals surface area contributed by atoms with Crippen LogP contribution in [0.3, 0.4) is 0 Å². The van der Waals surface area contributed by atoms with Crippen molar-refractivity contribution in [2.75, 3.05) is 39.8 Å². The molecule has 1 aromatic heterocycles. The van der Waals surface area contributed by atoms with E-state index in [4.69, 9.17) is 4.74 Å². The molecule has 1 aliphatic carbocycles. The number of aliphatic hydroxyl groups is 1. The number of amides is 3. The Kier molecular flexibility index (Phi) is 14.8. The van der Waals surface area contributed by atoms with Gasteiger partial charge in [0.2, 0.25) is 11.8 Å². The number of aliphatic hydroxyl groups excluding tert-OH is 1. The Morgan fingerprint density at radius 3 is 2.45 bits per heavy atom. The van der Waals surface area contributed by atoms with E-state index >= 15 is 0 Å². The van der Waals surface area contributed by atoms with E-state index in [0.29, 0.717) is 37.4 Å². The summed E-state index contributed by atoms with van der Waals surface area (Å²) in [5, 5.41) is 16.7. The first-order valence-corrected chi connectivity index (χ1v) is 15.2. The van der Waals surface area contributed by atoms with Crippen LogP contribution >= 0.6 is 24.8 Å². The van der Waals surface area contributed by atoms with Crippen molar-refractivity contribution in [3.05, 3.63) is 24.0 Å². The zero-order chi connectivity index (χ0) is 28.5. The monoisotopic (exact) mass is 629 g/mol. The number of piperazine rings is 1. The number of carbonyl (C=O) groups is 3. The van der Waals surface area contributed by atoms with Gasteiger partial charge in [0.15, 0.2) is 0 Å². The van der Waals surface area contributed by atoms with Gasteiger partial charge in [-0.3, -0.25) is 14.4 Å². The Hall–Kier alpha value is -2.14. The van der Waals surface area contributed by atoms with Crippen molar-refractivity contribution in [3.8, 4) is 5.75 Å². The van der Waals surface area contributed by atoms with E-state index in [9.17, 15) is 19.5 Å². The van der Waals surface area contributed by atoms with Gasteiger partial charge in [0.25, 0.3) is 5.91 Å². The molecule has 10 nitrogen and oxygen atoms in total. The molecule has 12 heteroatoms. The first-order valence-electron chi connectivity index (χ1n) is 15.2. The Morgan fingerprint density at radius 2 is 1.83 bits per heavy atom. The number of carbonyl (C=O) groups excluding carboxylic acids is 3. The summed E-state index contributed by atoms with van der Waals surface area (Å²) >= 11 is 0. The van der Waals surface area contributed by atoms with Crippen LogP contribution in [0.25, 0.3) is 0 Å². The lowest BCUT2D eigenvalue weighted by molar-refractivity contribution is -0.165. The number of nitrogens with one attached hydrogen (secondary N) is 2. The van der Waals surface area contributed by atoms with Crippen LogP contribution in [0.2, 0.25) is 0 Å². The third-order valence-corrected chi connectivity index (χ3v) is 8.98. The van der Waals surface area contributed by atoms with Crippen molar-refractivity contribution in [3.63, 3.8) is 0 Å². The Bertz CT molecular complexity index is 1000. The van der Waals surface area contributed by atoms with Gasteiger partial charge in [0, 0.05) is 26.7 Å². The molecule has 0 unspecified atom stereocenters. The third kappa shape index (κ3) is 8.49. The number of nitrogens with zero attached hydrogens (tertiary/aromatic N) is 3. The molecule has 1 aromatic rings. The minimum atomic E-state index is -0.827. The van der Waals surface area contributed by atoms with E-state index in [0.717, 1.165) is 71.0 Å². The molecule has 42 heavy (non-hydrogen) atoms. The van der Waals surface area contributed by atoms with E-state index in [1.54, 1.807) is 25.4 Å². The Balaban J connectivity index is 0.00000308. The number of hydrogen-bond acceptors (Lipinski definition) is 7. The lowest BCUT2D eigenvalue weighted by Gasteiger charge is -2.52. The van der Waals surface area contributed by atoms with Crippen molar-refractivity contribution in [1.29, 1.82) is 0 Å². The van der Waals surface area contributed by atoms with E-state index < -0.39 is 17.7 Å². The number of ether oxygens (including phenoxy) is 1. The number of piperidine rings is 1. The summed E-state index contributed by atoms with van der Waals surface area (Å²) in [7, 11) is 1.57. The fourth-order valence-electron chi connectivity index (χ4n) is 6.46. The number of likely N-dealkylation sites (tertiary alicyclic amines) is 1. The van der Waals surface area contributed by atoms with Crippen LogP contribution < -0.4 is 15.4 Å². The fourth-order valence-corrected chi connectivity index (χ4v) is 6.46. The van der Waals surface area contributed by atoms with Crippen LogP contribution in [0.1, 0.15) is 88.0 Å². The second kappa shape index (κ2) is 17.2. The highest BCUT2D eigenvalue weighted by atomic mass is 35.5. The molecular weight excluding hydrogens is 581 g/mol. The molecule has 0 radical (unpaired) electrons. The lowest BCUT2D eigenvalue weighted by atomic mass is 9.78. The molecule has 3 N–H and O–H groups in total. The van der Waals surface area contributed by atoms with E-state index in [1.807, 2.05) is 4.90 Å². The second-order valence-electron chi connectivity index (χ2n) is 11.6. The molecular formula is C30H49Cl2N5O5. The van der Waals surface area contributed by atoms with Crippen LogP contribution in [0.15, 0.2) is 18.3 Å². The highest BCUT2D eigenvalue weighted by Gasteiger charge is 2.55. The summed E-state index contributed by atoms with van der Waals surface area (Å²) in [4.78, 5) is 47.3. The molecule has 238 valence electrons. The largest absolute Gasteiger partial charge is 0.492 e. The average Bonchev–Trinajstić information content (AvgIpc) is 2.99. The molecule has 3 heterocycles. The van der Waals surface area contributed by atoms with Crippen LogP contribution in [0.5, 0.6) is 5.75 Å². The average molecular weight is 631 g/mol. The molecule has 3 amide bonds. The van der Waals surface area contributed by atoms with Crippen LogP contribution in [0.4, 0.5) is 0 Å². The summed E-state index contributed by atoms with van der Waals surface area (Å²) in [5.41, 5.74) is -0.460. The maximum absolute atomic E-state index is 13.7. The number of aromatic nitrogens is 1. The molecule has 4 rings (SSSR count). The van der Waals surface area contributed by atoms with Gasteiger partial charge in [0.05, 0.1) is 18.9 Å². The highest BCUT2D eigenvalue weighted by molar-refractivity contribution is 6.00. The van der Waals surface area contributed by atoms with Crippen LogP contribution in [-0.2, 0) is 9.59 Å². The molecule has 0 bridgehead atoms. The minimum absolute atomic E-state index is 0. The number of rotatable bonds is 12. The second-order valence-corrected chi connectivity index (χ2v) is 11.6. The smallest absolute Gasteiger partial charge is 0.269 e. The zero-order valence-electron chi connectivity index (χ0n) is 25.0. The third-order valence-electron chi connectivity index (χ3n) is 8.98. The molecule has 1 saturated carbocycles. The number of pyridine rings is 1. The SMILES string of the molecule is CCCCN1C(=O)[C@@H]([C@H](O)C2CCCCC2)NC(=O)C12CCN(CCCCOc1ccc(C(=O)NC)nc1)CC2.Cl.Cl. The van der Waals surface area contributed by atoms with Crippen molar-refractivity contribution >= 4 is 42.5 Å². The first-order chi connectivity index (χ1) is 19.4. The van der Waals surface area contributed by atoms with Gasteiger partial charge in [-0.15, -0.1) is 24.8 Å². The summed E-state index contributed by atoms with van der Waals surface area (Å²) in [6, 6.07) is 2.57. The topological polar surface area (TPSA) is 124 Å². The Morgan fingerprint density at radius 1 is 1.12 bits per heavy atom. The predicted molar refractivity (Wildman–Crippen MR) is 166 cm³/mol. The van der Waals surface area contributed by atoms with Crippen molar-refractivity contribution < 1.29 is 24.2 Å². The van der Waals surface area contributed by atoms with Crippen molar-refractivity contribution in [2.45, 2.75) is 95.2 Å². The summed E-state index contributed by atoms with van der Waals surface area (Å²) < 4.78 is 5.77.